The van der Waals surface area contributed by atoms with Crippen LogP contribution >= 0.6 is 0 Å². The number of nitrogens with zero attached hydrogens (tertiary/aromatic N) is 2. The van der Waals surface area contributed by atoms with Gasteiger partial charge in [-0.2, -0.15) is 0 Å². The highest BCUT2D eigenvalue weighted by molar-refractivity contribution is 5.48. The van der Waals surface area contributed by atoms with Crippen molar-refractivity contribution in [2.45, 2.75) is 25.3 Å². The van der Waals surface area contributed by atoms with Crippen LogP contribution in [-0.4, -0.2) is 49.1 Å². The summed E-state index contributed by atoms with van der Waals surface area (Å²) in [6.07, 6.45) is 8.89. The molecule has 2 atom stereocenters. The molecule has 1 aromatic rings. The molecule has 20 heavy (non-hydrogen) atoms. The number of likely N-dealkylation sites (tertiary alicyclic amines) is 1. The van der Waals surface area contributed by atoms with Crippen LogP contribution in [0.1, 0.15) is 24.8 Å². The predicted octanol–water partition coefficient (Wildman–Crippen LogP) is 3.12. The molecule has 2 fully saturated rings. The van der Waals surface area contributed by atoms with Crippen LogP contribution in [0.5, 0.6) is 0 Å². The van der Waals surface area contributed by atoms with E-state index in [4.69, 9.17) is 0 Å². The van der Waals surface area contributed by atoms with E-state index in [0.29, 0.717) is 0 Å². The zero-order chi connectivity index (χ0) is 13.8. The zero-order valence-corrected chi connectivity index (χ0v) is 12.5. The Kier molecular flexibility index (Phi) is 4.54. The lowest BCUT2D eigenvalue weighted by molar-refractivity contribution is 0.189. The fourth-order valence-corrected chi connectivity index (χ4v) is 3.62. The van der Waals surface area contributed by atoms with Crippen molar-refractivity contribution >= 4 is 6.08 Å². The topological polar surface area (TPSA) is 6.48 Å². The van der Waals surface area contributed by atoms with Gasteiger partial charge in [-0.3, -0.25) is 4.90 Å². The molecule has 2 aliphatic rings. The van der Waals surface area contributed by atoms with Crippen molar-refractivity contribution in [1.82, 2.24) is 9.80 Å². The number of benzene rings is 1. The maximum Gasteiger partial charge on any atom is 0.0163 e. The highest BCUT2D eigenvalue weighted by Crippen LogP contribution is 2.36. The van der Waals surface area contributed by atoms with Crippen molar-refractivity contribution in [1.29, 1.82) is 0 Å². The summed E-state index contributed by atoms with van der Waals surface area (Å²) in [5.41, 5.74) is 1.29. The normalized spacial score (nSPS) is 26.1. The number of piperidine rings is 1. The lowest BCUT2D eigenvalue weighted by Crippen LogP contribution is -2.38. The standard InChI is InChI=1S/C18H26N2/c1-19(11-5-8-16-6-3-2-4-7-16)12-13-20-15-17-9-10-18(20)14-17/h2-8,17-18H,9-15H2,1H3/b8-5+/t17-,18+/m1/s1. The van der Waals surface area contributed by atoms with E-state index in [1.807, 2.05) is 0 Å². The van der Waals surface area contributed by atoms with Gasteiger partial charge in [-0.25, -0.2) is 0 Å². The van der Waals surface area contributed by atoms with Crippen LogP contribution in [0.25, 0.3) is 6.08 Å². The first-order valence-corrected chi connectivity index (χ1v) is 7.95. The number of rotatable bonds is 6. The highest BCUT2D eigenvalue weighted by Gasteiger charge is 2.37. The van der Waals surface area contributed by atoms with Crippen molar-refractivity contribution in [2.75, 3.05) is 33.2 Å². The van der Waals surface area contributed by atoms with Gasteiger partial charge in [0, 0.05) is 32.2 Å². The summed E-state index contributed by atoms with van der Waals surface area (Å²) < 4.78 is 0. The largest absolute Gasteiger partial charge is 0.301 e. The molecule has 3 rings (SSSR count). The van der Waals surface area contributed by atoms with Gasteiger partial charge in [0.2, 0.25) is 0 Å². The third-order valence-electron chi connectivity index (χ3n) is 4.82. The SMILES string of the molecule is CN(C/C=C/c1ccccc1)CCN1C[C@@H]2CC[C@H]1C2. The smallest absolute Gasteiger partial charge is 0.0163 e. The van der Waals surface area contributed by atoms with Crippen LogP contribution in [0.2, 0.25) is 0 Å². The Morgan fingerprint density at radius 2 is 2.10 bits per heavy atom. The fourth-order valence-electron chi connectivity index (χ4n) is 3.62. The van der Waals surface area contributed by atoms with Crippen LogP contribution in [0.4, 0.5) is 0 Å². The van der Waals surface area contributed by atoms with Gasteiger partial charge < -0.3 is 4.90 Å². The Balaban J connectivity index is 1.37. The Labute approximate surface area is 123 Å². The van der Waals surface area contributed by atoms with Crippen molar-refractivity contribution in [3.63, 3.8) is 0 Å². The van der Waals surface area contributed by atoms with E-state index in [-0.39, 0.29) is 0 Å². The minimum absolute atomic E-state index is 0.910. The van der Waals surface area contributed by atoms with E-state index < -0.39 is 0 Å². The van der Waals surface area contributed by atoms with Gasteiger partial charge in [0.1, 0.15) is 0 Å². The first-order chi connectivity index (χ1) is 9.81. The van der Waals surface area contributed by atoms with Gasteiger partial charge in [0.25, 0.3) is 0 Å². The second kappa shape index (κ2) is 6.55. The molecule has 1 aliphatic heterocycles. The van der Waals surface area contributed by atoms with Crippen molar-refractivity contribution in [3.05, 3.63) is 42.0 Å². The third-order valence-corrected chi connectivity index (χ3v) is 4.82. The van der Waals surface area contributed by atoms with Crippen molar-refractivity contribution in [3.8, 4) is 0 Å². The van der Waals surface area contributed by atoms with Crippen LogP contribution in [0.3, 0.4) is 0 Å². The number of likely N-dealkylation sites (N-methyl/N-ethyl adjacent to an activating group) is 1. The first kappa shape index (κ1) is 13.8. The Morgan fingerprint density at radius 3 is 2.80 bits per heavy atom. The van der Waals surface area contributed by atoms with E-state index in [2.05, 4.69) is 59.3 Å². The van der Waals surface area contributed by atoms with E-state index in [9.17, 15) is 0 Å². The third kappa shape index (κ3) is 3.50. The summed E-state index contributed by atoms with van der Waals surface area (Å²) in [4.78, 5) is 5.14. The summed E-state index contributed by atoms with van der Waals surface area (Å²) in [5.74, 6) is 1.02. The second-order valence-electron chi connectivity index (χ2n) is 6.40. The maximum absolute atomic E-state index is 2.71. The lowest BCUT2D eigenvalue weighted by atomic mass is 10.1. The minimum atomic E-state index is 0.910. The molecule has 1 heterocycles. The molecule has 108 valence electrons. The Bertz CT molecular complexity index is 440. The Hall–Kier alpha value is -1.12. The summed E-state index contributed by atoms with van der Waals surface area (Å²) in [6.45, 7) is 4.83. The zero-order valence-electron chi connectivity index (χ0n) is 12.5. The molecule has 0 spiro atoms. The van der Waals surface area contributed by atoms with E-state index in [1.165, 1.54) is 44.5 Å². The molecule has 2 nitrogen and oxygen atoms in total. The molecule has 1 aliphatic carbocycles. The average Bonchev–Trinajstić information content (AvgIpc) is 3.09. The second-order valence-corrected chi connectivity index (χ2v) is 6.40. The summed E-state index contributed by atoms with van der Waals surface area (Å²) in [6, 6.07) is 11.5. The maximum atomic E-state index is 2.71. The molecule has 2 bridgehead atoms. The average molecular weight is 270 g/mol. The first-order valence-electron chi connectivity index (χ1n) is 7.95. The lowest BCUT2D eigenvalue weighted by Gasteiger charge is -2.28. The van der Waals surface area contributed by atoms with Gasteiger partial charge in [-0.1, -0.05) is 42.5 Å². The molecule has 0 amide bonds. The summed E-state index contributed by atoms with van der Waals surface area (Å²) in [7, 11) is 2.23. The minimum Gasteiger partial charge on any atom is -0.301 e. The fraction of sp³-hybridized carbons (Fsp3) is 0.556. The molecular formula is C18H26N2. The van der Waals surface area contributed by atoms with E-state index in [0.717, 1.165) is 18.5 Å². The number of fused-ring (bicyclic) bond motifs is 2. The molecule has 0 unspecified atom stereocenters. The molecule has 1 saturated heterocycles. The van der Waals surface area contributed by atoms with Gasteiger partial charge >= 0.3 is 0 Å². The number of hydrogen-bond acceptors (Lipinski definition) is 2. The van der Waals surface area contributed by atoms with Crippen molar-refractivity contribution in [2.24, 2.45) is 5.92 Å². The van der Waals surface area contributed by atoms with Crippen LogP contribution in [-0.2, 0) is 0 Å². The van der Waals surface area contributed by atoms with Crippen LogP contribution < -0.4 is 0 Å². The van der Waals surface area contributed by atoms with Gasteiger partial charge in [0.15, 0.2) is 0 Å². The molecule has 1 saturated carbocycles. The van der Waals surface area contributed by atoms with Crippen LogP contribution in [0.15, 0.2) is 36.4 Å². The predicted molar refractivity (Wildman–Crippen MR) is 85.7 cm³/mol. The van der Waals surface area contributed by atoms with Crippen LogP contribution in [0, 0.1) is 5.92 Å². The molecule has 0 N–H and O–H groups in total. The molecule has 2 heteroatoms. The van der Waals surface area contributed by atoms with Gasteiger partial charge in [0.05, 0.1) is 0 Å². The summed E-state index contributed by atoms with van der Waals surface area (Å²) >= 11 is 0. The molecule has 0 radical (unpaired) electrons. The number of hydrogen-bond donors (Lipinski definition) is 0. The molecular weight excluding hydrogens is 244 g/mol. The molecule has 0 aromatic heterocycles. The van der Waals surface area contributed by atoms with Crippen molar-refractivity contribution < 1.29 is 0 Å². The van der Waals surface area contributed by atoms with E-state index >= 15 is 0 Å². The monoisotopic (exact) mass is 270 g/mol. The highest BCUT2D eigenvalue weighted by atomic mass is 15.2. The quantitative estimate of drug-likeness (QED) is 0.783. The van der Waals surface area contributed by atoms with Gasteiger partial charge in [-0.05, 0) is 37.8 Å². The van der Waals surface area contributed by atoms with Gasteiger partial charge in [-0.15, -0.1) is 0 Å². The van der Waals surface area contributed by atoms with E-state index in [1.54, 1.807) is 0 Å². The summed E-state index contributed by atoms with van der Waals surface area (Å²) in [5, 5.41) is 0. The Morgan fingerprint density at radius 1 is 1.25 bits per heavy atom. The molecule has 1 aromatic carbocycles.